The second kappa shape index (κ2) is 11.9. The number of rotatable bonds is 12. The molecule has 25 heavy (non-hydrogen) atoms. The van der Waals surface area contributed by atoms with Crippen LogP contribution in [0, 0.1) is 17.8 Å². The third-order valence-electron chi connectivity index (χ3n) is 4.31. The summed E-state index contributed by atoms with van der Waals surface area (Å²) in [6, 6.07) is 0. The summed E-state index contributed by atoms with van der Waals surface area (Å²) >= 11 is 0. The summed E-state index contributed by atoms with van der Waals surface area (Å²) in [5.74, 6) is 1.32. The fourth-order valence-electron chi connectivity index (χ4n) is 2.50. The van der Waals surface area contributed by atoms with E-state index in [-0.39, 0.29) is 24.8 Å². The Morgan fingerprint density at radius 1 is 0.840 bits per heavy atom. The summed E-state index contributed by atoms with van der Waals surface area (Å²) in [5.41, 5.74) is 0. The van der Waals surface area contributed by atoms with Gasteiger partial charge in [-0.05, 0) is 37.0 Å². The highest BCUT2D eigenvalue weighted by molar-refractivity contribution is 5.76. The first-order chi connectivity index (χ1) is 11.8. The van der Waals surface area contributed by atoms with Gasteiger partial charge in [-0.2, -0.15) is 0 Å². The molecule has 0 spiro atoms. The molecule has 3 atom stereocenters. The number of hydrogen-bond acceptors (Lipinski definition) is 5. The van der Waals surface area contributed by atoms with Gasteiger partial charge < -0.3 is 18.9 Å². The van der Waals surface area contributed by atoms with Gasteiger partial charge in [0.2, 0.25) is 0 Å². The van der Waals surface area contributed by atoms with E-state index in [9.17, 15) is 4.79 Å². The van der Waals surface area contributed by atoms with Gasteiger partial charge in [0.1, 0.15) is 18.8 Å². The minimum absolute atomic E-state index is 0.243. The molecular formula is C20H38O5. The number of carbonyl (C=O) groups excluding carboxylic acids is 1. The van der Waals surface area contributed by atoms with Crippen molar-refractivity contribution in [1.82, 2.24) is 0 Å². The van der Waals surface area contributed by atoms with E-state index in [4.69, 9.17) is 18.9 Å². The molecule has 0 radical (unpaired) electrons. The van der Waals surface area contributed by atoms with E-state index in [1.165, 1.54) is 0 Å². The van der Waals surface area contributed by atoms with E-state index in [0.717, 1.165) is 19.3 Å². The molecule has 5 heteroatoms. The Morgan fingerprint density at radius 3 is 1.84 bits per heavy atom. The number of cyclic esters (lactones) is 1. The van der Waals surface area contributed by atoms with E-state index in [1.54, 1.807) is 0 Å². The van der Waals surface area contributed by atoms with Crippen molar-refractivity contribution in [1.29, 1.82) is 0 Å². The molecule has 0 saturated carbocycles. The molecular weight excluding hydrogens is 320 g/mol. The molecule has 0 amide bonds. The fraction of sp³-hybridized carbons (Fsp3) is 0.950. The third-order valence-corrected chi connectivity index (χ3v) is 4.31. The lowest BCUT2D eigenvalue weighted by molar-refractivity contribution is -0.210. The lowest BCUT2D eigenvalue weighted by Gasteiger charge is -2.36. The van der Waals surface area contributed by atoms with E-state index in [0.29, 0.717) is 37.6 Å². The van der Waals surface area contributed by atoms with Gasteiger partial charge in [0.25, 0.3) is 0 Å². The van der Waals surface area contributed by atoms with Crippen LogP contribution in [0.2, 0.25) is 0 Å². The van der Waals surface area contributed by atoms with Crippen LogP contribution in [0.3, 0.4) is 0 Å². The molecule has 0 unspecified atom stereocenters. The van der Waals surface area contributed by atoms with Crippen LogP contribution in [-0.2, 0) is 23.7 Å². The zero-order valence-corrected chi connectivity index (χ0v) is 17.0. The first-order valence-corrected chi connectivity index (χ1v) is 9.82. The van der Waals surface area contributed by atoms with Gasteiger partial charge >= 0.3 is 5.97 Å². The van der Waals surface area contributed by atoms with Crippen molar-refractivity contribution in [3.05, 3.63) is 0 Å². The Morgan fingerprint density at radius 2 is 1.32 bits per heavy atom. The fourth-order valence-corrected chi connectivity index (χ4v) is 2.50. The molecule has 1 heterocycles. The van der Waals surface area contributed by atoms with Gasteiger partial charge in [0, 0.05) is 19.8 Å². The van der Waals surface area contributed by atoms with Gasteiger partial charge in [-0.3, -0.25) is 0 Å². The molecule has 1 fully saturated rings. The molecule has 1 aliphatic rings. The van der Waals surface area contributed by atoms with Crippen LogP contribution in [0.5, 0.6) is 0 Å². The molecule has 5 nitrogen and oxygen atoms in total. The molecule has 0 aromatic rings. The summed E-state index contributed by atoms with van der Waals surface area (Å²) in [5, 5.41) is 0. The van der Waals surface area contributed by atoms with Crippen molar-refractivity contribution < 1.29 is 23.7 Å². The van der Waals surface area contributed by atoms with Crippen molar-refractivity contribution in [2.75, 3.05) is 26.4 Å². The van der Waals surface area contributed by atoms with E-state index in [1.807, 2.05) is 0 Å². The van der Waals surface area contributed by atoms with Crippen LogP contribution in [0.1, 0.15) is 60.8 Å². The Kier molecular flexibility index (Phi) is 10.6. The number of ether oxygens (including phenoxy) is 4. The number of hydrogen-bond donors (Lipinski definition) is 0. The molecule has 0 aromatic carbocycles. The Bertz CT molecular complexity index is 367. The average molecular weight is 359 g/mol. The maximum Gasteiger partial charge on any atom is 0.338 e. The lowest BCUT2D eigenvalue weighted by Crippen LogP contribution is -2.54. The molecule has 1 rings (SSSR count). The van der Waals surface area contributed by atoms with Crippen LogP contribution in [0.4, 0.5) is 0 Å². The van der Waals surface area contributed by atoms with Crippen molar-refractivity contribution >= 4 is 5.97 Å². The minimum Gasteiger partial charge on any atom is -0.461 e. The van der Waals surface area contributed by atoms with Crippen LogP contribution in [0.25, 0.3) is 0 Å². The van der Waals surface area contributed by atoms with E-state index >= 15 is 0 Å². The normalized spacial score (nSPS) is 24.4. The van der Waals surface area contributed by atoms with Gasteiger partial charge in [-0.25, -0.2) is 4.79 Å². The molecule has 1 saturated heterocycles. The lowest BCUT2D eigenvalue weighted by atomic mass is 10.0. The highest BCUT2D eigenvalue weighted by Gasteiger charge is 2.43. The second-order valence-corrected chi connectivity index (χ2v) is 8.21. The molecule has 148 valence electrons. The predicted octanol–water partition coefficient (Wildman–Crippen LogP) is 3.84. The van der Waals surface area contributed by atoms with Crippen molar-refractivity contribution in [3.63, 3.8) is 0 Å². The zero-order chi connectivity index (χ0) is 18.8. The topological polar surface area (TPSA) is 54.0 Å². The smallest absolute Gasteiger partial charge is 0.338 e. The van der Waals surface area contributed by atoms with Crippen LogP contribution >= 0.6 is 0 Å². The minimum atomic E-state index is -0.691. The van der Waals surface area contributed by atoms with Gasteiger partial charge in [0.15, 0.2) is 6.10 Å². The van der Waals surface area contributed by atoms with Crippen LogP contribution in [0.15, 0.2) is 0 Å². The molecule has 0 N–H and O–H groups in total. The third kappa shape index (κ3) is 9.02. The molecule has 0 bridgehead atoms. The molecule has 0 aliphatic carbocycles. The monoisotopic (exact) mass is 358 g/mol. The summed E-state index contributed by atoms with van der Waals surface area (Å²) in [7, 11) is 0. The van der Waals surface area contributed by atoms with Crippen molar-refractivity contribution in [2.24, 2.45) is 17.8 Å². The number of esters is 1. The summed E-state index contributed by atoms with van der Waals surface area (Å²) in [6.07, 6.45) is 1.49. The summed E-state index contributed by atoms with van der Waals surface area (Å²) < 4.78 is 23.2. The quantitative estimate of drug-likeness (QED) is 0.496. The Labute approximate surface area is 153 Å². The van der Waals surface area contributed by atoms with Crippen molar-refractivity contribution in [3.8, 4) is 0 Å². The second-order valence-electron chi connectivity index (χ2n) is 8.21. The Hall–Kier alpha value is -0.650. The average Bonchev–Trinajstić information content (AvgIpc) is 2.50. The molecule has 1 aliphatic heterocycles. The Balaban J connectivity index is 2.66. The summed E-state index contributed by atoms with van der Waals surface area (Å²) in [4.78, 5) is 12.2. The van der Waals surface area contributed by atoms with Gasteiger partial charge in [-0.15, -0.1) is 0 Å². The number of carbonyl (C=O) groups is 1. The SMILES string of the molecule is CC(C)CCO[C@H]1[C@@H](OCCC(C)C)COC(=O)[C@@H]1OCCC(C)C. The molecule has 0 aromatic heterocycles. The van der Waals surface area contributed by atoms with Crippen molar-refractivity contribution in [2.45, 2.75) is 79.1 Å². The van der Waals surface area contributed by atoms with Gasteiger partial charge in [-0.1, -0.05) is 41.5 Å². The zero-order valence-electron chi connectivity index (χ0n) is 17.0. The first-order valence-electron chi connectivity index (χ1n) is 9.82. The van der Waals surface area contributed by atoms with Crippen LogP contribution < -0.4 is 0 Å². The first kappa shape index (κ1) is 22.4. The predicted molar refractivity (Wildman–Crippen MR) is 98.5 cm³/mol. The largest absolute Gasteiger partial charge is 0.461 e. The summed E-state index contributed by atoms with van der Waals surface area (Å²) in [6.45, 7) is 14.9. The van der Waals surface area contributed by atoms with Crippen LogP contribution in [-0.4, -0.2) is 50.7 Å². The van der Waals surface area contributed by atoms with E-state index in [2.05, 4.69) is 41.5 Å². The highest BCUT2D eigenvalue weighted by Crippen LogP contribution is 2.22. The van der Waals surface area contributed by atoms with Gasteiger partial charge in [0.05, 0.1) is 0 Å². The van der Waals surface area contributed by atoms with E-state index < -0.39 is 6.10 Å². The standard InChI is InChI=1S/C20H38O5/c1-14(2)7-10-22-17-13-25-20(21)19(24-12-9-16(5)6)18(17)23-11-8-15(3)4/h14-19H,7-13H2,1-6H3/t17-,18-,19+/m0/s1. The maximum absolute atomic E-state index is 12.2. The maximum atomic E-state index is 12.2. The highest BCUT2D eigenvalue weighted by atomic mass is 16.6.